The lowest BCUT2D eigenvalue weighted by molar-refractivity contribution is -0.123. The topological polar surface area (TPSA) is 49.3 Å². The highest BCUT2D eigenvalue weighted by molar-refractivity contribution is 5.75. The summed E-state index contributed by atoms with van der Waals surface area (Å²) in [7, 11) is 1.62. The molecule has 1 rings (SSSR count). The SMILES string of the molecule is C=C[C@@H]1CCCCC1(O)CCC(=O)NC. The summed E-state index contributed by atoms with van der Waals surface area (Å²) >= 11 is 0. The summed E-state index contributed by atoms with van der Waals surface area (Å²) < 4.78 is 0. The minimum Gasteiger partial charge on any atom is -0.389 e. The van der Waals surface area contributed by atoms with E-state index < -0.39 is 5.60 Å². The molecule has 1 saturated carbocycles. The Morgan fingerprint density at radius 1 is 1.67 bits per heavy atom. The molecule has 2 N–H and O–H groups in total. The Morgan fingerprint density at radius 2 is 2.40 bits per heavy atom. The van der Waals surface area contributed by atoms with Crippen LogP contribution in [-0.2, 0) is 4.79 Å². The maximum absolute atomic E-state index is 11.1. The molecule has 0 aromatic heterocycles. The quantitative estimate of drug-likeness (QED) is 0.694. The summed E-state index contributed by atoms with van der Waals surface area (Å²) in [6, 6.07) is 0. The van der Waals surface area contributed by atoms with E-state index in [0.717, 1.165) is 25.7 Å². The molecule has 3 nitrogen and oxygen atoms in total. The van der Waals surface area contributed by atoms with Crippen molar-refractivity contribution in [3.05, 3.63) is 12.7 Å². The Bertz CT molecular complexity index is 240. The van der Waals surface area contributed by atoms with Crippen molar-refractivity contribution in [1.82, 2.24) is 5.32 Å². The van der Waals surface area contributed by atoms with E-state index in [1.165, 1.54) is 0 Å². The molecule has 86 valence electrons. The van der Waals surface area contributed by atoms with Crippen LogP contribution in [0.15, 0.2) is 12.7 Å². The Balaban J connectivity index is 2.53. The molecule has 0 aliphatic heterocycles. The van der Waals surface area contributed by atoms with Crippen molar-refractivity contribution in [3.63, 3.8) is 0 Å². The van der Waals surface area contributed by atoms with E-state index in [0.29, 0.717) is 12.8 Å². The van der Waals surface area contributed by atoms with Gasteiger partial charge in [0, 0.05) is 19.4 Å². The van der Waals surface area contributed by atoms with Crippen LogP contribution < -0.4 is 5.32 Å². The molecule has 0 saturated heterocycles. The molecule has 1 aliphatic rings. The first-order valence-electron chi connectivity index (χ1n) is 5.68. The average Bonchev–Trinajstić information content (AvgIpc) is 2.26. The van der Waals surface area contributed by atoms with Crippen molar-refractivity contribution < 1.29 is 9.90 Å². The lowest BCUT2D eigenvalue weighted by Crippen LogP contribution is -2.40. The lowest BCUT2D eigenvalue weighted by atomic mass is 9.73. The third kappa shape index (κ3) is 3.06. The smallest absolute Gasteiger partial charge is 0.219 e. The molecule has 0 aromatic rings. The summed E-state index contributed by atoms with van der Waals surface area (Å²) in [5.41, 5.74) is -0.702. The second-order valence-corrected chi connectivity index (χ2v) is 4.36. The molecule has 0 radical (unpaired) electrons. The van der Waals surface area contributed by atoms with Crippen molar-refractivity contribution in [2.45, 2.75) is 44.1 Å². The molecule has 1 fully saturated rings. The van der Waals surface area contributed by atoms with E-state index in [4.69, 9.17) is 0 Å². The van der Waals surface area contributed by atoms with Gasteiger partial charge in [-0.15, -0.1) is 6.58 Å². The third-order valence-corrected chi connectivity index (χ3v) is 3.41. The van der Waals surface area contributed by atoms with Crippen molar-refractivity contribution >= 4 is 5.91 Å². The van der Waals surface area contributed by atoms with E-state index in [1.807, 2.05) is 6.08 Å². The monoisotopic (exact) mass is 211 g/mol. The zero-order valence-corrected chi connectivity index (χ0v) is 9.46. The predicted molar refractivity (Wildman–Crippen MR) is 60.4 cm³/mol. The van der Waals surface area contributed by atoms with Gasteiger partial charge in [-0.2, -0.15) is 0 Å². The molecule has 1 amide bonds. The van der Waals surface area contributed by atoms with Gasteiger partial charge < -0.3 is 10.4 Å². The maximum Gasteiger partial charge on any atom is 0.219 e. The fourth-order valence-corrected chi connectivity index (χ4v) is 2.35. The third-order valence-electron chi connectivity index (χ3n) is 3.41. The number of rotatable bonds is 4. The van der Waals surface area contributed by atoms with Crippen LogP contribution in [0.5, 0.6) is 0 Å². The Morgan fingerprint density at radius 3 is 3.00 bits per heavy atom. The highest BCUT2D eigenvalue weighted by atomic mass is 16.3. The van der Waals surface area contributed by atoms with Gasteiger partial charge in [-0.05, 0) is 19.3 Å². The highest BCUT2D eigenvalue weighted by Crippen LogP contribution is 2.37. The minimum absolute atomic E-state index is 0.00295. The lowest BCUT2D eigenvalue weighted by Gasteiger charge is -2.38. The zero-order chi connectivity index (χ0) is 11.3. The Hall–Kier alpha value is -0.830. The maximum atomic E-state index is 11.1. The Kier molecular flexibility index (Phi) is 4.33. The van der Waals surface area contributed by atoms with E-state index in [-0.39, 0.29) is 11.8 Å². The van der Waals surface area contributed by atoms with E-state index >= 15 is 0 Å². The Labute approximate surface area is 91.6 Å². The van der Waals surface area contributed by atoms with E-state index in [1.54, 1.807) is 7.05 Å². The van der Waals surface area contributed by atoms with Crippen LogP contribution in [0.1, 0.15) is 38.5 Å². The van der Waals surface area contributed by atoms with Crippen LogP contribution in [0.25, 0.3) is 0 Å². The molecule has 0 spiro atoms. The van der Waals surface area contributed by atoms with Gasteiger partial charge in [0.25, 0.3) is 0 Å². The number of carbonyl (C=O) groups is 1. The average molecular weight is 211 g/mol. The van der Waals surface area contributed by atoms with Crippen molar-refractivity contribution in [1.29, 1.82) is 0 Å². The number of hydrogen-bond donors (Lipinski definition) is 2. The largest absolute Gasteiger partial charge is 0.389 e. The summed E-state index contributed by atoms with van der Waals surface area (Å²) in [5, 5.41) is 13.0. The molecule has 1 unspecified atom stereocenters. The van der Waals surface area contributed by atoms with Gasteiger partial charge in [0.15, 0.2) is 0 Å². The van der Waals surface area contributed by atoms with Crippen LogP contribution in [-0.4, -0.2) is 23.7 Å². The molecule has 1 aliphatic carbocycles. The first-order valence-corrected chi connectivity index (χ1v) is 5.68. The van der Waals surface area contributed by atoms with Crippen LogP contribution in [0.2, 0.25) is 0 Å². The van der Waals surface area contributed by atoms with Crippen molar-refractivity contribution in [2.75, 3.05) is 7.05 Å². The van der Waals surface area contributed by atoms with Crippen LogP contribution in [0.3, 0.4) is 0 Å². The number of hydrogen-bond acceptors (Lipinski definition) is 2. The number of amides is 1. The highest BCUT2D eigenvalue weighted by Gasteiger charge is 2.36. The fraction of sp³-hybridized carbons (Fsp3) is 0.750. The summed E-state index contributed by atoms with van der Waals surface area (Å²) in [5.74, 6) is 0.146. The molecule has 15 heavy (non-hydrogen) atoms. The standard InChI is InChI=1S/C12H21NO2/c1-3-10-6-4-5-8-12(10,15)9-7-11(14)13-2/h3,10,15H,1,4-9H2,2H3,(H,13,14)/t10-,12?/m1/s1. The fourth-order valence-electron chi connectivity index (χ4n) is 2.35. The summed E-state index contributed by atoms with van der Waals surface area (Å²) in [6.07, 6.45) is 6.77. The van der Waals surface area contributed by atoms with E-state index in [2.05, 4.69) is 11.9 Å². The van der Waals surface area contributed by atoms with Gasteiger partial charge in [-0.3, -0.25) is 4.79 Å². The molecule has 0 aromatic carbocycles. The molecule has 2 atom stereocenters. The van der Waals surface area contributed by atoms with Crippen LogP contribution in [0.4, 0.5) is 0 Å². The van der Waals surface area contributed by atoms with Crippen molar-refractivity contribution in [2.24, 2.45) is 5.92 Å². The summed E-state index contributed by atoms with van der Waals surface area (Å²) in [4.78, 5) is 11.1. The molecule has 0 bridgehead atoms. The molecule has 0 heterocycles. The first-order chi connectivity index (χ1) is 7.12. The molecular formula is C12H21NO2. The molecule has 3 heteroatoms. The number of aliphatic hydroxyl groups is 1. The summed E-state index contributed by atoms with van der Waals surface area (Å²) in [6.45, 7) is 3.77. The predicted octanol–water partition coefficient (Wildman–Crippen LogP) is 1.62. The van der Waals surface area contributed by atoms with Crippen LogP contribution >= 0.6 is 0 Å². The zero-order valence-electron chi connectivity index (χ0n) is 9.46. The van der Waals surface area contributed by atoms with Crippen LogP contribution in [0, 0.1) is 5.92 Å². The van der Waals surface area contributed by atoms with E-state index in [9.17, 15) is 9.90 Å². The van der Waals surface area contributed by atoms with Gasteiger partial charge in [0.05, 0.1) is 5.60 Å². The van der Waals surface area contributed by atoms with Crippen molar-refractivity contribution in [3.8, 4) is 0 Å². The van der Waals surface area contributed by atoms with Gasteiger partial charge in [-0.1, -0.05) is 18.9 Å². The van der Waals surface area contributed by atoms with Gasteiger partial charge >= 0.3 is 0 Å². The second kappa shape index (κ2) is 5.31. The second-order valence-electron chi connectivity index (χ2n) is 4.36. The van der Waals surface area contributed by atoms with Gasteiger partial charge in [0.1, 0.15) is 0 Å². The number of nitrogens with one attached hydrogen (secondary N) is 1. The normalized spacial score (nSPS) is 30.9. The van der Waals surface area contributed by atoms with Gasteiger partial charge in [-0.25, -0.2) is 0 Å². The minimum atomic E-state index is -0.702. The van der Waals surface area contributed by atoms with Gasteiger partial charge in [0.2, 0.25) is 5.91 Å². The molecular weight excluding hydrogens is 190 g/mol. The number of carbonyl (C=O) groups excluding carboxylic acids is 1. The first kappa shape index (κ1) is 12.2.